The highest BCUT2D eigenvalue weighted by Crippen LogP contribution is 2.24. The van der Waals surface area contributed by atoms with E-state index < -0.39 is 6.29 Å². The van der Waals surface area contributed by atoms with Gasteiger partial charge in [0.15, 0.2) is 12.1 Å². The quantitative estimate of drug-likeness (QED) is 0.464. The first-order chi connectivity index (χ1) is 5.66. The van der Waals surface area contributed by atoms with Crippen LogP contribution in [0.2, 0.25) is 0 Å². The predicted molar refractivity (Wildman–Crippen MR) is 44.0 cm³/mol. The molecule has 0 aliphatic heterocycles. The number of nitrogens with zero attached hydrogens (tertiary/aromatic N) is 1. The summed E-state index contributed by atoms with van der Waals surface area (Å²) in [6.45, 7) is 2.14. The van der Waals surface area contributed by atoms with E-state index in [0.29, 0.717) is 12.2 Å². The van der Waals surface area contributed by atoms with Crippen LogP contribution in [0.4, 0.5) is 11.6 Å². The highest BCUT2D eigenvalue weighted by molar-refractivity contribution is 5.53. The second kappa shape index (κ2) is 3.42. The van der Waals surface area contributed by atoms with E-state index in [2.05, 4.69) is 10.2 Å². The van der Waals surface area contributed by atoms with Gasteiger partial charge in [0, 0.05) is 6.61 Å². The molecule has 0 spiro atoms. The number of hydrogen-bond donors (Lipinski definition) is 4. The Hall–Kier alpha value is -1.27. The summed E-state index contributed by atoms with van der Waals surface area (Å²) >= 11 is 0. The zero-order valence-electron chi connectivity index (χ0n) is 6.74. The van der Waals surface area contributed by atoms with Crippen LogP contribution in [0.25, 0.3) is 0 Å². The van der Waals surface area contributed by atoms with Crippen molar-refractivity contribution in [1.29, 1.82) is 0 Å². The van der Waals surface area contributed by atoms with E-state index in [1.807, 2.05) is 0 Å². The van der Waals surface area contributed by atoms with Gasteiger partial charge < -0.3 is 21.3 Å². The summed E-state index contributed by atoms with van der Waals surface area (Å²) in [5, 5.41) is 15.4. The molecule has 0 radical (unpaired) electrons. The van der Waals surface area contributed by atoms with Crippen molar-refractivity contribution < 1.29 is 9.84 Å². The minimum Gasteiger partial charge on any atom is -0.384 e. The fourth-order valence-corrected chi connectivity index (χ4v) is 0.880. The molecule has 1 aromatic rings. The van der Waals surface area contributed by atoms with Crippen molar-refractivity contribution in [3.63, 3.8) is 0 Å². The summed E-state index contributed by atoms with van der Waals surface area (Å²) in [6.07, 6.45) is -1.10. The lowest BCUT2D eigenvalue weighted by Gasteiger charge is -2.09. The van der Waals surface area contributed by atoms with E-state index in [1.165, 1.54) is 0 Å². The van der Waals surface area contributed by atoms with Gasteiger partial charge >= 0.3 is 0 Å². The number of aliphatic hydroxyl groups is 1. The average molecular weight is 172 g/mol. The Balaban J connectivity index is 2.85. The largest absolute Gasteiger partial charge is 0.384 e. The van der Waals surface area contributed by atoms with E-state index in [1.54, 1.807) is 6.92 Å². The average Bonchev–Trinajstić information content (AvgIpc) is 2.32. The number of nitrogens with two attached hydrogens (primary N) is 2. The Labute approximate surface area is 69.5 Å². The van der Waals surface area contributed by atoms with Crippen LogP contribution in [0.15, 0.2) is 0 Å². The Morgan fingerprint density at radius 1 is 1.67 bits per heavy atom. The van der Waals surface area contributed by atoms with Crippen LogP contribution in [0, 0.1) is 0 Å². The molecule has 1 rings (SSSR count). The number of rotatable bonds is 3. The molecule has 0 aromatic carbocycles. The molecule has 0 saturated heterocycles. The van der Waals surface area contributed by atoms with Crippen molar-refractivity contribution in [1.82, 2.24) is 10.2 Å². The Kier molecular flexibility index (Phi) is 2.51. The number of aromatic amines is 1. The van der Waals surface area contributed by atoms with Crippen molar-refractivity contribution in [3.05, 3.63) is 5.56 Å². The molecule has 6 N–H and O–H groups in total. The number of nitrogens with one attached hydrogen (secondary N) is 1. The van der Waals surface area contributed by atoms with E-state index in [4.69, 9.17) is 16.2 Å². The van der Waals surface area contributed by atoms with Gasteiger partial charge in [0.1, 0.15) is 5.82 Å². The molecule has 1 unspecified atom stereocenters. The van der Waals surface area contributed by atoms with Gasteiger partial charge in [-0.1, -0.05) is 0 Å². The number of aliphatic hydroxyl groups excluding tert-OH is 1. The number of hydrogen-bond acceptors (Lipinski definition) is 5. The number of ether oxygens (including phenoxy) is 1. The number of aromatic nitrogens is 2. The minimum absolute atomic E-state index is 0.161. The molecule has 1 atom stereocenters. The van der Waals surface area contributed by atoms with Crippen LogP contribution in [-0.2, 0) is 4.74 Å². The first-order valence-corrected chi connectivity index (χ1v) is 3.55. The summed E-state index contributed by atoms with van der Waals surface area (Å²) in [6, 6.07) is 0. The maximum atomic E-state index is 9.33. The summed E-state index contributed by atoms with van der Waals surface area (Å²) in [5.41, 5.74) is 11.1. The summed E-state index contributed by atoms with van der Waals surface area (Å²) < 4.78 is 4.88. The predicted octanol–water partition coefficient (Wildman–Crippen LogP) is -0.399. The molecule has 6 nitrogen and oxygen atoms in total. The van der Waals surface area contributed by atoms with Gasteiger partial charge in [-0.15, -0.1) is 0 Å². The van der Waals surface area contributed by atoms with Crippen LogP contribution >= 0.6 is 0 Å². The van der Waals surface area contributed by atoms with Gasteiger partial charge in [0.25, 0.3) is 0 Å². The zero-order chi connectivity index (χ0) is 9.14. The highest BCUT2D eigenvalue weighted by Gasteiger charge is 2.17. The van der Waals surface area contributed by atoms with Gasteiger partial charge in [-0.25, -0.2) is 0 Å². The first kappa shape index (κ1) is 8.82. The maximum absolute atomic E-state index is 9.33. The molecule has 0 aliphatic carbocycles. The number of H-pyrrole nitrogens is 1. The fourth-order valence-electron chi connectivity index (χ4n) is 0.880. The van der Waals surface area contributed by atoms with E-state index in [9.17, 15) is 5.11 Å². The van der Waals surface area contributed by atoms with Crippen LogP contribution in [0.3, 0.4) is 0 Å². The molecule has 68 valence electrons. The summed E-state index contributed by atoms with van der Waals surface area (Å²) in [5.74, 6) is 0.391. The number of anilines is 2. The van der Waals surface area contributed by atoms with E-state index >= 15 is 0 Å². The molecule has 12 heavy (non-hydrogen) atoms. The highest BCUT2D eigenvalue weighted by atomic mass is 16.6. The van der Waals surface area contributed by atoms with E-state index in [-0.39, 0.29) is 11.6 Å². The van der Waals surface area contributed by atoms with Crippen molar-refractivity contribution in [2.24, 2.45) is 0 Å². The van der Waals surface area contributed by atoms with Crippen LogP contribution in [-0.4, -0.2) is 21.9 Å². The molecule has 6 heteroatoms. The van der Waals surface area contributed by atoms with Gasteiger partial charge in [0.05, 0.1) is 5.56 Å². The number of nitrogen functional groups attached to an aromatic ring is 2. The van der Waals surface area contributed by atoms with Gasteiger partial charge in [0.2, 0.25) is 0 Å². The normalized spacial score (nSPS) is 13.2. The second-order valence-electron chi connectivity index (χ2n) is 2.24. The monoisotopic (exact) mass is 172 g/mol. The SMILES string of the molecule is CCOC(O)c1c(N)n[nH]c1N. The van der Waals surface area contributed by atoms with E-state index in [0.717, 1.165) is 0 Å². The molecular formula is C6H12N4O2. The molecule has 0 aliphatic rings. The van der Waals surface area contributed by atoms with Crippen LogP contribution in [0.5, 0.6) is 0 Å². The third kappa shape index (κ3) is 1.49. The standard InChI is InChI=1S/C6H12N4O2/c1-2-12-6(11)3-4(7)9-10-5(3)8/h6,11H,2H2,1H3,(H5,7,8,9,10). The Morgan fingerprint density at radius 2 is 2.33 bits per heavy atom. The zero-order valence-corrected chi connectivity index (χ0v) is 6.74. The van der Waals surface area contributed by atoms with Gasteiger partial charge in [-0.2, -0.15) is 5.10 Å². The fraction of sp³-hybridized carbons (Fsp3) is 0.500. The summed E-state index contributed by atoms with van der Waals surface area (Å²) in [7, 11) is 0. The van der Waals surface area contributed by atoms with Crippen LogP contribution in [0.1, 0.15) is 18.8 Å². The lowest BCUT2D eigenvalue weighted by molar-refractivity contribution is -0.0969. The minimum atomic E-state index is -1.10. The topological polar surface area (TPSA) is 110 Å². The van der Waals surface area contributed by atoms with Crippen molar-refractivity contribution >= 4 is 11.6 Å². The van der Waals surface area contributed by atoms with Crippen LogP contribution < -0.4 is 11.5 Å². The smallest absolute Gasteiger partial charge is 0.188 e. The molecule has 0 saturated carbocycles. The first-order valence-electron chi connectivity index (χ1n) is 3.55. The third-order valence-electron chi connectivity index (χ3n) is 1.43. The maximum Gasteiger partial charge on any atom is 0.188 e. The van der Waals surface area contributed by atoms with Crippen molar-refractivity contribution in [2.45, 2.75) is 13.2 Å². The lowest BCUT2D eigenvalue weighted by atomic mass is 10.3. The Bertz CT molecular complexity index is 241. The van der Waals surface area contributed by atoms with Crippen molar-refractivity contribution in [2.75, 3.05) is 18.1 Å². The Morgan fingerprint density at radius 3 is 2.75 bits per heavy atom. The molecule has 1 aromatic heterocycles. The third-order valence-corrected chi connectivity index (χ3v) is 1.43. The van der Waals surface area contributed by atoms with Gasteiger partial charge in [-0.3, -0.25) is 5.10 Å². The lowest BCUT2D eigenvalue weighted by Crippen LogP contribution is -2.06. The molecule has 0 bridgehead atoms. The summed E-state index contributed by atoms with van der Waals surface area (Å²) in [4.78, 5) is 0. The molecule has 0 fully saturated rings. The second-order valence-corrected chi connectivity index (χ2v) is 2.24. The molecular weight excluding hydrogens is 160 g/mol. The molecule has 0 amide bonds. The van der Waals surface area contributed by atoms with Crippen molar-refractivity contribution in [3.8, 4) is 0 Å². The molecule has 1 heterocycles. The van der Waals surface area contributed by atoms with Gasteiger partial charge in [-0.05, 0) is 6.92 Å².